The van der Waals surface area contributed by atoms with E-state index in [4.69, 9.17) is 21.0 Å². The Balaban J connectivity index is -0.00000000653. The first-order valence-corrected chi connectivity index (χ1v) is 2.89. The van der Waals surface area contributed by atoms with E-state index in [0.29, 0.717) is 0 Å². The van der Waals surface area contributed by atoms with Crippen molar-refractivity contribution in [1.82, 2.24) is 0 Å². The van der Waals surface area contributed by atoms with E-state index < -0.39 is 0 Å². The Kier molecular flexibility index (Phi) is 984. The zero-order chi connectivity index (χ0) is 10.8. The molecule has 0 fully saturated rings. The Morgan fingerprint density at radius 1 is 0.471 bits per heavy atom. The van der Waals surface area contributed by atoms with Crippen molar-refractivity contribution in [3.8, 4) is 24.3 Å². The van der Waals surface area contributed by atoms with Crippen molar-refractivity contribution in [2.75, 3.05) is 0 Å². The average molecular weight is 404 g/mol. The Morgan fingerprint density at radius 2 is 0.471 bits per heavy atom. The quantitative estimate of drug-likeness (QED) is 0.401. The van der Waals surface area contributed by atoms with Crippen molar-refractivity contribution in [2.24, 2.45) is 0 Å². The molecule has 0 unspecified atom stereocenters. The molecule has 0 heterocycles. The minimum absolute atomic E-state index is 0. The Morgan fingerprint density at radius 3 is 0.471 bits per heavy atom. The van der Waals surface area contributed by atoms with Gasteiger partial charge in [0.15, 0.2) is 0 Å². The molecule has 0 aliphatic heterocycles. The summed E-state index contributed by atoms with van der Waals surface area (Å²) in [6, 6.07) is 7.00. The van der Waals surface area contributed by atoms with E-state index in [-0.39, 0.29) is 69.7 Å². The van der Waals surface area contributed by atoms with E-state index in [1.807, 2.05) is 0 Å². The zero-order valence-electron chi connectivity index (χ0n) is 9.68. The molecule has 0 aliphatic rings. The van der Waals surface area contributed by atoms with Gasteiger partial charge in [0.05, 0.1) is 24.3 Å². The molecule has 0 aromatic carbocycles. The summed E-state index contributed by atoms with van der Waals surface area (Å²) in [5.74, 6) is 0. The van der Waals surface area contributed by atoms with Gasteiger partial charge >= 0.3 is 20.1 Å². The van der Waals surface area contributed by atoms with E-state index in [1.54, 1.807) is 24.3 Å². The molecule has 0 N–H and O–H groups in total. The summed E-state index contributed by atoms with van der Waals surface area (Å²) in [4.78, 5) is 0. The van der Waals surface area contributed by atoms with Gasteiger partial charge in [-0.15, -0.1) is 0 Å². The summed E-state index contributed by atoms with van der Waals surface area (Å²) < 4.78 is 0. The van der Waals surface area contributed by atoms with Gasteiger partial charge < -0.3 is 49.6 Å². The van der Waals surface area contributed by atoms with Crippen LogP contribution >= 0.6 is 0 Å². The molecular weight excluding hydrogens is 392 g/mol. The maximum absolute atomic E-state index is 7.32. The van der Waals surface area contributed by atoms with Crippen LogP contribution in [-0.2, 0) is 20.1 Å². The second kappa shape index (κ2) is 242. The number of rotatable bonds is 0. The maximum atomic E-state index is 7.32. The number of hydrogen-bond acceptors (Lipinski definition) is 4. The van der Waals surface area contributed by atoms with Crippen molar-refractivity contribution >= 4 is 0 Å². The van der Waals surface area contributed by atoms with Crippen LogP contribution in [0.1, 0.15) is 27.7 Å². The molecule has 99 valence electrons. The summed E-state index contributed by atoms with van der Waals surface area (Å²) in [7, 11) is 0. The first kappa shape index (κ1) is 69.1. The van der Waals surface area contributed by atoms with E-state index >= 15 is 0 Å². The van der Waals surface area contributed by atoms with Gasteiger partial charge in [-0.3, -0.25) is 0 Å². The van der Waals surface area contributed by atoms with Gasteiger partial charge in [0.25, 0.3) is 0 Å². The number of nitrogens with zero attached hydrogens (tertiary/aromatic N) is 4. The standard InChI is InChI=1S/4C2H3N.4ClH.Tc/c4*1-2-3;;;;;/h4*1H3;4*1H;/q;;;;;;;;+4/p-4. The fourth-order valence-corrected chi connectivity index (χ4v) is 0. The van der Waals surface area contributed by atoms with Crippen molar-refractivity contribution in [2.45, 2.75) is 27.7 Å². The van der Waals surface area contributed by atoms with Gasteiger partial charge in [0, 0.05) is 27.7 Å². The fourth-order valence-electron chi connectivity index (χ4n) is 0. The van der Waals surface area contributed by atoms with Crippen molar-refractivity contribution < 1.29 is 69.7 Å². The average Bonchev–Trinajstić information content (AvgIpc) is 1.92. The third kappa shape index (κ3) is 56200. The molecule has 0 aliphatic carbocycles. The van der Waals surface area contributed by atoms with Crippen LogP contribution in [0.5, 0.6) is 0 Å². The van der Waals surface area contributed by atoms with Crippen LogP contribution in [0, 0.1) is 45.3 Å². The zero-order valence-corrected chi connectivity index (χ0v) is 14.6. The monoisotopic (exact) mass is 401 g/mol. The third-order valence-corrected chi connectivity index (χ3v) is 0. The van der Waals surface area contributed by atoms with Gasteiger partial charge in [-0.25, -0.2) is 0 Å². The number of hydrogen-bond donors (Lipinski definition) is 0. The second-order valence-corrected chi connectivity index (χ2v) is 0.894. The maximum Gasteiger partial charge on any atom is 4.00 e. The largest absolute Gasteiger partial charge is 4.00 e. The molecule has 0 atom stereocenters. The summed E-state index contributed by atoms with van der Waals surface area (Å²) in [6.45, 7) is 5.72. The third-order valence-electron chi connectivity index (χ3n) is 0. The molecule has 0 bridgehead atoms. The Labute approximate surface area is 142 Å². The molecular formula is C8H12Cl4N4Tc. The van der Waals surface area contributed by atoms with E-state index in [0.717, 1.165) is 0 Å². The van der Waals surface area contributed by atoms with Crippen LogP contribution in [-0.4, -0.2) is 0 Å². The smallest absolute Gasteiger partial charge is 1.00 e. The minimum Gasteiger partial charge on any atom is -1.00 e. The summed E-state index contributed by atoms with van der Waals surface area (Å²) in [6.07, 6.45) is 0. The van der Waals surface area contributed by atoms with Crippen LogP contribution in [0.3, 0.4) is 0 Å². The van der Waals surface area contributed by atoms with E-state index in [2.05, 4.69) is 0 Å². The fraction of sp³-hybridized carbons (Fsp3) is 0.500. The van der Waals surface area contributed by atoms with Crippen LogP contribution in [0.25, 0.3) is 0 Å². The molecule has 4 nitrogen and oxygen atoms in total. The molecule has 9 heteroatoms. The molecule has 0 saturated carbocycles. The molecule has 0 spiro atoms. The summed E-state index contributed by atoms with van der Waals surface area (Å²) in [5.41, 5.74) is 0. The van der Waals surface area contributed by atoms with Crippen molar-refractivity contribution in [3.63, 3.8) is 0 Å². The molecule has 0 amide bonds. The van der Waals surface area contributed by atoms with Gasteiger partial charge in [0.2, 0.25) is 0 Å². The topological polar surface area (TPSA) is 95.2 Å². The van der Waals surface area contributed by atoms with E-state index in [1.165, 1.54) is 27.7 Å². The van der Waals surface area contributed by atoms with Crippen LogP contribution < -0.4 is 49.6 Å². The first-order chi connectivity index (χ1) is 5.66. The molecule has 0 aromatic rings. The molecule has 1 radical (unpaired) electrons. The predicted molar refractivity (Wildman–Crippen MR) is 45.1 cm³/mol. The normalized spacial score (nSPS) is 1.88. The summed E-state index contributed by atoms with van der Waals surface area (Å²) in [5, 5.41) is 29.3. The second-order valence-electron chi connectivity index (χ2n) is 0.894. The Bertz CT molecular complexity index is 164. The molecule has 0 saturated heterocycles. The van der Waals surface area contributed by atoms with Gasteiger partial charge in [-0.05, 0) is 0 Å². The Hall–Kier alpha value is -0.231. The molecule has 17 heavy (non-hydrogen) atoms. The predicted octanol–water partition coefficient (Wildman–Crippen LogP) is -9.87. The number of halogens is 4. The van der Waals surface area contributed by atoms with Crippen LogP contribution in [0.15, 0.2) is 0 Å². The molecule has 0 rings (SSSR count). The van der Waals surface area contributed by atoms with Gasteiger partial charge in [0.1, 0.15) is 0 Å². The van der Waals surface area contributed by atoms with Crippen LogP contribution in [0.4, 0.5) is 0 Å². The van der Waals surface area contributed by atoms with Gasteiger partial charge in [-0.1, -0.05) is 0 Å². The SMILES string of the molecule is CC#N.CC#N.CC#N.CC#N.[Cl-].[Cl-].[Cl-].[Cl-].[Tc+4]. The molecule has 0 aromatic heterocycles. The van der Waals surface area contributed by atoms with Crippen molar-refractivity contribution in [1.29, 1.82) is 21.0 Å². The van der Waals surface area contributed by atoms with Gasteiger partial charge in [-0.2, -0.15) is 21.0 Å². The van der Waals surface area contributed by atoms with Crippen molar-refractivity contribution in [3.05, 3.63) is 0 Å². The van der Waals surface area contributed by atoms with E-state index in [9.17, 15) is 0 Å². The summed E-state index contributed by atoms with van der Waals surface area (Å²) >= 11 is 0. The van der Waals surface area contributed by atoms with Crippen LogP contribution in [0.2, 0.25) is 0 Å². The first-order valence-electron chi connectivity index (χ1n) is 2.89. The number of nitriles is 4. The minimum atomic E-state index is 0.